The lowest BCUT2D eigenvalue weighted by Gasteiger charge is -1.99. The maximum atomic E-state index is 4.59. The first-order chi connectivity index (χ1) is 10.4. The van der Waals surface area contributed by atoms with Gasteiger partial charge in [0.25, 0.3) is 0 Å². The predicted molar refractivity (Wildman–Crippen MR) is 90.5 cm³/mol. The fourth-order valence-corrected chi connectivity index (χ4v) is 3.52. The first-order valence-corrected chi connectivity index (χ1v) is 7.72. The Labute approximate surface area is 127 Å². The van der Waals surface area contributed by atoms with Crippen LogP contribution in [-0.4, -0.2) is 4.98 Å². The summed E-state index contributed by atoms with van der Waals surface area (Å²) in [4.78, 5) is 5.88. The number of hydrogen-bond acceptors (Lipinski definition) is 2. The van der Waals surface area contributed by atoms with Crippen molar-refractivity contribution in [1.82, 2.24) is 4.98 Å². The Morgan fingerprint density at radius 1 is 0.714 bits per heavy atom. The Balaban J connectivity index is 1.82. The number of thiophene rings is 1. The van der Waals surface area contributed by atoms with Crippen LogP contribution in [0, 0.1) is 0 Å². The number of pyridine rings is 1. The van der Waals surface area contributed by atoms with Gasteiger partial charge in [-0.25, -0.2) is 0 Å². The van der Waals surface area contributed by atoms with E-state index in [1.807, 2.05) is 41.8 Å². The molecule has 4 aromatic rings. The second kappa shape index (κ2) is 5.15. The average Bonchev–Trinajstić information content (AvgIpc) is 2.99. The number of aromatic nitrogens is 1. The maximum Gasteiger partial charge on any atom is 0.0716 e. The highest BCUT2D eigenvalue weighted by molar-refractivity contribution is 7.22. The lowest BCUT2D eigenvalue weighted by molar-refractivity contribution is 1.36. The summed E-state index contributed by atoms with van der Waals surface area (Å²) in [5, 5.41) is 1.21. The topological polar surface area (TPSA) is 12.9 Å². The highest BCUT2D eigenvalue weighted by atomic mass is 32.1. The Bertz CT molecular complexity index is 842. The van der Waals surface area contributed by atoms with Crippen LogP contribution in [0.1, 0.15) is 0 Å². The molecule has 4 rings (SSSR count). The lowest BCUT2D eigenvalue weighted by atomic mass is 10.1. The van der Waals surface area contributed by atoms with Crippen molar-refractivity contribution in [2.45, 2.75) is 0 Å². The van der Waals surface area contributed by atoms with E-state index in [9.17, 15) is 0 Å². The monoisotopic (exact) mass is 287 g/mol. The Kier molecular flexibility index (Phi) is 3.02. The van der Waals surface area contributed by atoms with Crippen molar-refractivity contribution < 1.29 is 0 Å². The number of benzene rings is 2. The van der Waals surface area contributed by atoms with E-state index in [2.05, 4.69) is 53.5 Å². The summed E-state index contributed by atoms with van der Waals surface area (Å²) in [5.41, 5.74) is 3.46. The summed E-state index contributed by atoms with van der Waals surface area (Å²) in [6.45, 7) is 0. The molecule has 2 aromatic carbocycles. The van der Waals surface area contributed by atoms with Gasteiger partial charge in [-0.3, -0.25) is 4.98 Å². The van der Waals surface area contributed by atoms with Crippen molar-refractivity contribution in [2.24, 2.45) is 0 Å². The fourth-order valence-electron chi connectivity index (χ4n) is 2.44. The maximum absolute atomic E-state index is 4.59. The molecular weight excluding hydrogens is 274 g/mol. The molecule has 0 bridgehead atoms. The van der Waals surface area contributed by atoms with Crippen LogP contribution in [0.15, 0.2) is 79.0 Å². The van der Waals surface area contributed by atoms with Crippen molar-refractivity contribution in [1.29, 1.82) is 0 Å². The SMILES string of the molecule is c1ccc(-c2cc3sc(-c4ccccc4)cc3cn2)cc1. The molecule has 0 saturated heterocycles. The molecule has 100 valence electrons. The van der Waals surface area contributed by atoms with E-state index >= 15 is 0 Å². The largest absolute Gasteiger partial charge is 0.256 e. The van der Waals surface area contributed by atoms with Gasteiger partial charge in [0.15, 0.2) is 0 Å². The highest BCUT2D eigenvalue weighted by Gasteiger charge is 2.06. The van der Waals surface area contributed by atoms with Crippen LogP contribution in [0.5, 0.6) is 0 Å². The first kappa shape index (κ1) is 12.3. The molecule has 0 N–H and O–H groups in total. The summed E-state index contributed by atoms with van der Waals surface area (Å²) >= 11 is 1.82. The average molecular weight is 287 g/mol. The van der Waals surface area contributed by atoms with E-state index < -0.39 is 0 Å². The molecule has 0 saturated carbocycles. The summed E-state index contributed by atoms with van der Waals surface area (Å²) in [6.07, 6.45) is 1.97. The summed E-state index contributed by atoms with van der Waals surface area (Å²) in [6, 6.07) is 25.2. The van der Waals surface area contributed by atoms with E-state index in [-0.39, 0.29) is 0 Å². The molecule has 0 atom stereocenters. The van der Waals surface area contributed by atoms with Gasteiger partial charge in [-0.2, -0.15) is 0 Å². The van der Waals surface area contributed by atoms with Crippen molar-refractivity contribution >= 4 is 21.4 Å². The van der Waals surface area contributed by atoms with Crippen LogP contribution >= 0.6 is 11.3 Å². The number of rotatable bonds is 2. The van der Waals surface area contributed by atoms with Crippen molar-refractivity contribution in [3.8, 4) is 21.7 Å². The zero-order valence-electron chi connectivity index (χ0n) is 11.4. The molecule has 0 radical (unpaired) electrons. The second-order valence-electron chi connectivity index (χ2n) is 4.95. The van der Waals surface area contributed by atoms with Gasteiger partial charge in [-0.05, 0) is 17.7 Å². The summed E-state index contributed by atoms with van der Waals surface area (Å²) in [7, 11) is 0. The summed E-state index contributed by atoms with van der Waals surface area (Å²) < 4.78 is 1.28. The predicted octanol–water partition coefficient (Wildman–Crippen LogP) is 5.63. The zero-order valence-corrected chi connectivity index (χ0v) is 12.2. The molecule has 0 amide bonds. The van der Waals surface area contributed by atoms with Crippen LogP contribution in [-0.2, 0) is 0 Å². The first-order valence-electron chi connectivity index (χ1n) is 6.90. The minimum Gasteiger partial charge on any atom is -0.256 e. The molecule has 0 spiro atoms. The number of nitrogens with zero attached hydrogens (tertiary/aromatic N) is 1. The van der Waals surface area contributed by atoms with Gasteiger partial charge in [0.05, 0.1) is 5.69 Å². The number of fused-ring (bicyclic) bond motifs is 1. The summed E-state index contributed by atoms with van der Waals surface area (Å²) in [5.74, 6) is 0. The van der Waals surface area contributed by atoms with Crippen LogP contribution in [0.2, 0.25) is 0 Å². The van der Waals surface area contributed by atoms with Crippen molar-refractivity contribution in [3.63, 3.8) is 0 Å². The molecule has 0 aliphatic rings. The lowest BCUT2D eigenvalue weighted by Crippen LogP contribution is -1.80. The molecule has 0 fully saturated rings. The normalized spacial score (nSPS) is 10.9. The molecule has 2 heteroatoms. The molecule has 0 aliphatic carbocycles. The van der Waals surface area contributed by atoms with Gasteiger partial charge in [0.1, 0.15) is 0 Å². The minimum atomic E-state index is 1.03. The Morgan fingerprint density at radius 2 is 1.38 bits per heavy atom. The highest BCUT2D eigenvalue weighted by Crippen LogP contribution is 2.34. The van der Waals surface area contributed by atoms with Gasteiger partial charge in [0.2, 0.25) is 0 Å². The third kappa shape index (κ3) is 2.34. The second-order valence-corrected chi connectivity index (χ2v) is 6.03. The minimum absolute atomic E-state index is 1.03. The Hall–Kier alpha value is -2.45. The van der Waals surface area contributed by atoms with E-state index in [1.165, 1.54) is 20.5 Å². The van der Waals surface area contributed by atoms with E-state index in [4.69, 9.17) is 0 Å². The van der Waals surface area contributed by atoms with Crippen molar-refractivity contribution in [3.05, 3.63) is 79.0 Å². The zero-order chi connectivity index (χ0) is 14.1. The van der Waals surface area contributed by atoms with Gasteiger partial charge in [0, 0.05) is 26.7 Å². The molecule has 0 unspecified atom stereocenters. The standard InChI is InChI=1S/C19H13NS/c1-3-7-14(8-4-1)17-12-19-16(13-20-17)11-18(21-19)15-9-5-2-6-10-15/h1-13H. The third-order valence-corrected chi connectivity index (χ3v) is 4.68. The molecular formula is C19H13NS. The van der Waals surface area contributed by atoms with Crippen LogP contribution < -0.4 is 0 Å². The van der Waals surface area contributed by atoms with E-state index in [0.717, 1.165) is 11.3 Å². The van der Waals surface area contributed by atoms with Gasteiger partial charge in [-0.15, -0.1) is 11.3 Å². The Morgan fingerprint density at radius 3 is 2.10 bits per heavy atom. The third-order valence-electron chi connectivity index (χ3n) is 3.53. The van der Waals surface area contributed by atoms with Crippen LogP contribution in [0.25, 0.3) is 31.8 Å². The number of hydrogen-bond donors (Lipinski definition) is 0. The van der Waals surface area contributed by atoms with Gasteiger partial charge < -0.3 is 0 Å². The molecule has 2 aromatic heterocycles. The fraction of sp³-hybridized carbons (Fsp3) is 0. The molecule has 1 nitrogen and oxygen atoms in total. The molecule has 21 heavy (non-hydrogen) atoms. The molecule has 0 aliphatic heterocycles. The smallest absolute Gasteiger partial charge is 0.0716 e. The molecule has 2 heterocycles. The van der Waals surface area contributed by atoms with E-state index in [1.54, 1.807) is 0 Å². The van der Waals surface area contributed by atoms with Gasteiger partial charge in [-0.1, -0.05) is 60.7 Å². The van der Waals surface area contributed by atoms with Crippen LogP contribution in [0.3, 0.4) is 0 Å². The van der Waals surface area contributed by atoms with Crippen LogP contribution in [0.4, 0.5) is 0 Å². The van der Waals surface area contributed by atoms with Gasteiger partial charge >= 0.3 is 0 Å². The van der Waals surface area contributed by atoms with E-state index in [0.29, 0.717) is 0 Å². The van der Waals surface area contributed by atoms with Crippen molar-refractivity contribution in [2.75, 3.05) is 0 Å². The quantitative estimate of drug-likeness (QED) is 0.465.